The summed E-state index contributed by atoms with van der Waals surface area (Å²) in [6.07, 6.45) is 9.48. The van der Waals surface area contributed by atoms with Gasteiger partial charge < -0.3 is 15.5 Å². The third-order valence-electron chi connectivity index (χ3n) is 5.67. The van der Waals surface area contributed by atoms with Crippen LogP contribution in [0.5, 0.6) is 0 Å². The van der Waals surface area contributed by atoms with Crippen LogP contribution < -0.4 is 15.5 Å². The van der Waals surface area contributed by atoms with Crippen molar-refractivity contribution in [2.24, 2.45) is 0 Å². The highest BCUT2D eigenvalue weighted by Crippen LogP contribution is 2.27. The topological polar surface area (TPSA) is 28.5 Å². The highest BCUT2D eigenvalue weighted by Gasteiger charge is 2.48. The minimum Gasteiger partial charge on any atom is -0.359 e. The maximum absolute atomic E-state index is 13.0. The van der Waals surface area contributed by atoms with E-state index < -0.39 is 0 Å². The Hall–Kier alpha value is -1.20. The Bertz CT molecular complexity index is 558. The number of rotatable bonds is 3. The summed E-state index contributed by atoms with van der Waals surface area (Å²) in [5.74, 6) is -0.224. The summed E-state index contributed by atoms with van der Waals surface area (Å²) in [6.45, 7) is 0. The number of halogens is 1. The number of benzene rings is 1. The first-order valence-electron chi connectivity index (χ1n) is 8.89. The first-order chi connectivity index (χ1) is 11.2. The molecule has 23 heavy (non-hydrogen) atoms. The molecule has 2 heterocycles. The van der Waals surface area contributed by atoms with Crippen LogP contribution in [-0.4, -0.2) is 29.3 Å². The van der Waals surface area contributed by atoms with Crippen LogP contribution in [0.1, 0.15) is 44.9 Å². The molecule has 3 nitrogen and oxygen atoms in total. The lowest BCUT2D eigenvalue weighted by Crippen LogP contribution is -3.22. The van der Waals surface area contributed by atoms with Gasteiger partial charge in [0.1, 0.15) is 5.82 Å². The Balaban J connectivity index is 1.34. The third kappa shape index (κ3) is 3.50. The number of nitrogens with one attached hydrogen (secondary N) is 3. The molecule has 2 saturated heterocycles. The molecule has 3 N–H and O–H groups in total. The first kappa shape index (κ1) is 15.3. The van der Waals surface area contributed by atoms with E-state index in [4.69, 9.17) is 12.2 Å². The van der Waals surface area contributed by atoms with Gasteiger partial charge in [0, 0.05) is 37.4 Å². The quantitative estimate of drug-likeness (QED) is 0.741. The summed E-state index contributed by atoms with van der Waals surface area (Å²) in [4.78, 5) is 1.91. The summed E-state index contributed by atoms with van der Waals surface area (Å²) in [5, 5.41) is 7.34. The Morgan fingerprint density at radius 3 is 2.26 bits per heavy atom. The van der Waals surface area contributed by atoms with Crippen LogP contribution in [0.2, 0.25) is 0 Å². The average molecular weight is 334 g/mol. The predicted octanol–water partition coefficient (Wildman–Crippen LogP) is 2.24. The van der Waals surface area contributed by atoms with Crippen molar-refractivity contribution < 1.29 is 9.29 Å². The molecule has 2 bridgehead atoms. The van der Waals surface area contributed by atoms with Crippen molar-refractivity contribution in [2.45, 2.75) is 69.1 Å². The zero-order valence-electron chi connectivity index (χ0n) is 13.4. The van der Waals surface area contributed by atoms with Crippen molar-refractivity contribution in [3.05, 3.63) is 30.1 Å². The number of hydrogen-bond donors (Lipinski definition) is 3. The van der Waals surface area contributed by atoms with Gasteiger partial charge in [0.25, 0.3) is 0 Å². The number of fused-ring (bicyclic) bond motifs is 2. The lowest BCUT2D eigenvalue weighted by molar-refractivity contribution is -0.971. The van der Waals surface area contributed by atoms with Crippen LogP contribution in [0.15, 0.2) is 24.3 Å². The zero-order chi connectivity index (χ0) is 15.8. The normalized spacial score (nSPS) is 33.1. The van der Waals surface area contributed by atoms with E-state index >= 15 is 0 Å². The van der Waals surface area contributed by atoms with Crippen LogP contribution in [0, 0.1) is 5.82 Å². The van der Waals surface area contributed by atoms with E-state index in [1.54, 1.807) is 12.1 Å². The first-order valence-corrected chi connectivity index (χ1v) is 9.29. The number of anilines is 1. The molecule has 5 heteroatoms. The van der Waals surface area contributed by atoms with E-state index in [9.17, 15) is 4.39 Å². The van der Waals surface area contributed by atoms with Gasteiger partial charge in [-0.3, -0.25) is 0 Å². The number of quaternary nitrogens is 1. The molecule has 124 valence electrons. The van der Waals surface area contributed by atoms with Crippen molar-refractivity contribution in [1.82, 2.24) is 5.32 Å². The van der Waals surface area contributed by atoms with E-state index in [-0.39, 0.29) is 5.82 Å². The second-order valence-electron chi connectivity index (χ2n) is 7.37. The molecule has 4 atom stereocenters. The van der Waals surface area contributed by atoms with Crippen LogP contribution in [0.25, 0.3) is 0 Å². The van der Waals surface area contributed by atoms with Crippen LogP contribution in [0.3, 0.4) is 0 Å². The SMILES string of the molecule is Fc1ccc(NC(=S)NC2C[C@H]3CCC[C@@H](C2)[NH+]3C2CC2)cc1. The largest absolute Gasteiger partial charge is 0.359 e. The van der Waals surface area contributed by atoms with Gasteiger partial charge in [0.15, 0.2) is 5.11 Å². The molecule has 0 amide bonds. The molecule has 3 aliphatic rings. The van der Waals surface area contributed by atoms with Gasteiger partial charge in [0.2, 0.25) is 0 Å². The van der Waals surface area contributed by atoms with E-state index in [0.29, 0.717) is 11.2 Å². The van der Waals surface area contributed by atoms with E-state index in [2.05, 4.69) is 10.6 Å². The summed E-state index contributed by atoms with van der Waals surface area (Å²) >= 11 is 5.45. The zero-order valence-corrected chi connectivity index (χ0v) is 14.2. The second kappa shape index (κ2) is 6.36. The summed E-state index contributed by atoms with van der Waals surface area (Å²) in [7, 11) is 0. The van der Waals surface area contributed by atoms with E-state index in [1.165, 1.54) is 57.1 Å². The maximum atomic E-state index is 13.0. The smallest absolute Gasteiger partial charge is 0.171 e. The monoisotopic (exact) mass is 334 g/mol. The standard InChI is InChI=1S/C18H24FN3S/c19-12-4-6-13(7-5-12)20-18(23)21-14-10-16-2-1-3-17(11-14)22(16)15-8-9-15/h4-7,14-17H,1-3,8-11H2,(H2,20,21,23)/p+1/t14?,16-,17+. The van der Waals surface area contributed by atoms with Crippen molar-refractivity contribution in [2.75, 3.05) is 5.32 Å². The van der Waals surface area contributed by atoms with Crippen molar-refractivity contribution in [3.63, 3.8) is 0 Å². The van der Waals surface area contributed by atoms with Crippen molar-refractivity contribution >= 4 is 23.0 Å². The van der Waals surface area contributed by atoms with Crippen LogP contribution in [0.4, 0.5) is 10.1 Å². The predicted molar refractivity (Wildman–Crippen MR) is 94.2 cm³/mol. The van der Waals surface area contributed by atoms with Gasteiger partial charge in [0.05, 0.1) is 18.1 Å². The molecule has 4 rings (SSSR count). The summed E-state index contributed by atoms with van der Waals surface area (Å²) in [5.41, 5.74) is 0.838. The molecule has 2 unspecified atom stereocenters. The van der Waals surface area contributed by atoms with Crippen molar-refractivity contribution in [3.8, 4) is 0 Å². The number of piperidine rings is 2. The molecular formula is C18H25FN3S+. The van der Waals surface area contributed by atoms with Gasteiger partial charge in [-0.25, -0.2) is 4.39 Å². The Morgan fingerprint density at radius 1 is 1.00 bits per heavy atom. The highest BCUT2D eigenvalue weighted by molar-refractivity contribution is 7.80. The molecule has 3 fully saturated rings. The number of hydrogen-bond acceptors (Lipinski definition) is 1. The molecular weight excluding hydrogens is 309 g/mol. The minimum atomic E-state index is -0.224. The van der Waals surface area contributed by atoms with Gasteiger partial charge in [-0.2, -0.15) is 0 Å². The van der Waals surface area contributed by atoms with Gasteiger partial charge in [-0.05, 0) is 55.7 Å². The molecule has 0 radical (unpaired) electrons. The molecule has 1 aliphatic carbocycles. The Labute approximate surface area is 142 Å². The van der Waals surface area contributed by atoms with Crippen LogP contribution >= 0.6 is 12.2 Å². The van der Waals surface area contributed by atoms with Gasteiger partial charge >= 0.3 is 0 Å². The molecule has 0 spiro atoms. The maximum Gasteiger partial charge on any atom is 0.171 e. The summed E-state index contributed by atoms with van der Waals surface area (Å²) < 4.78 is 13.0. The third-order valence-corrected chi connectivity index (χ3v) is 5.89. The molecule has 0 aromatic heterocycles. The molecule has 1 aromatic carbocycles. The Kier molecular flexibility index (Phi) is 4.24. The second-order valence-corrected chi connectivity index (χ2v) is 7.78. The lowest BCUT2D eigenvalue weighted by Gasteiger charge is -2.46. The Morgan fingerprint density at radius 2 is 1.65 bits per heavy atom. The molecule has 1 saturated carbocycles. The fourth-order valence-corrected chi connectivity index (χ4v) is 4.94. The number of thiocarbonyl (C=S) groups is 1. The lowest BCUT2D eigenvalue weighted by atomic mass is 9.81. The molecule has 2 aliphatic heterocycles. The van der Waals surface area contributed by atoms with E-state index in [1.807, 2.05) is 4.90 Å². The average Bonchev–Trinajstić information content (AvgIpc) is 3.33. The summed E-state index contributed by atoms with van der Waals surface area (Å²) in [6, 6.07) is 9.42. The van der Waals surface area contributed by atoms with Crippen LogP contribution in [-0.2, 0) is 0 Å². The minimum absolute atomic E-state index is 0.224. The van der Waals surface area contributed by atoms with Crippen molar-refractivity contribution in [1.29, 1.82) is 0 Å². The van der Waals surface area contributed by atoms with Gasteiger partial charge in [-0.15, -0.1) is 0 Å². The van der Waals surface area contributed by atoms with Gasteiger partial charge in [-0.1, -0.05) is 0 Å². The fourth-order valence-electron chi connectivity index (χ4n) is 4.66. The fraction of sp³-hybridized carbons (Fsp3) is 0.611. The molecule has 1 aromatic rings. The van der Waals surface area contributed by atoms with E-state index in [0.717, 1.165) is 23.8 Å². The highest BCUT2D eigenvalue weighted by atomic mass is 32.1.